The van der Waals surface area contributed by atoms with E-state index in [1.54, 1.807) is 24.0 Å². The molecule has 1 aromatic carbocycles. The average Bonchev–Trinajstić information content (AvgIpc) is 2.54. The van der Waals surface area contributed by atoms with E-state index in [1.807, 2.05) is 13.0 Å². The van der Waals surface area contributed by atoms with Gasteiger partial charge in [-0.05, 0) is 37.5 Å². The van der Waals surface area contributed by atoms with Crippen LogP contribution in [0.5, 0.6) is 0 Å². The molecule has 1 aromatic heterocycles. The molecule has 0 spiro atoms. The maximum absolute atomic E-state index is 12.4. The summed E-state index contributed by atoms with van der Waals surface area (Å²) in [5.41, 5.74) is 1.51. The van der Waals surface area contributed by atoms with Crippen molar-refractivity contribution in [3.63, 3.8) is 0 Å². The largest absolute Gasteiger partial charge is 0.423 e. The lowest BCUT2D eigenvalue weighted by molar-refractivity contribution is -0.132. The van der Waals surface area contributed by atoms with Crippen LogP contribution in [0.25, 0.3) is 11.0 Å². The lowest BCUT2D eigenvalue weighted by atomic mass is 9.95. The van der Waals surface area contributed by atoms with E-state index in [0.717, 1.165) is 10.9 Å². The first-order chi connectivity index (χ1) is 11.4. The predicted molar refractivity (Wildman–Crippen MR) is 90.8 cm³/mol. The van der Waals surface area contributed by atoms with Crippen LogP contribution in [0.3, 0.4) is 0 Å². The Morgan fingerprint density at radius 3 is 2.58 bits per heavy atom. The number of nitrogens with zero attached hydrogens (tertiary/aromatic N) is 1. The van der Waals surface area contributed by atoms with Crippen molar-refractivity contribution in [2.24, 2.45) is 5.92 Å². The molecule has 1 N–H and O–H groups in total. The molecule has 2 heterocycles. The normalized spacial score (nSPS) is 15.5. The molecule has 0 radical (unpaired) electrons. The molecule has 0 saturated carbocycles. The molecule has 0 aliphatic carbocycles. The third-order valence-corrected chi connectivity index (χ3v) is 4.53. The van der Waals surface area contributed by atoms with E-state index >= 15 is 0 Å². The SMILES string of the molecule is CC(=O)N1CCC(C(=O)Nc2ccc3c(C)cc(=O)oc3c2)CC1. The smallest absolute Gasteiger partial charge is 0.336 e. The molecule has 1 aliphatic heterocycles. The van der Waals surface area contributed by atoms with Crippen molar-refractivity contribution < 1.29 is 14.0 Å². The number of likely N-dealkylation sites (tertiary alicyclic amines) is 1. The first kappa shape index (κ1) is 16.2. The minimum Gasteiger partial charge on any atom is -0.423 e. The van der Waals surface area contributed by atoms with Gasteiger partial charge in [-0.15, -0.1) is 0 Å². The monoisotopic (exact) mass is 328 g/mol. The van der Waals surface area contributed by atoms with Crippen LogP contribution >= 0.6 is 0 Å². The van der Waals surface area contributed by atoms with Crippen molar-refractivity contribution in [1.29, 1.82) is 0 Å². The summed E-state index contributed by atoms with van der Waals surface area (Å²) < 4.78 is 5.20. The quantitative estimate of drug-likeness (QED) is 0.858. The highest BCUT2D eigenvalue weighted by Gasteiger charge is 2.26. The number of rotatable bonds is 2. The van der Waals surface area contributed by atoms with Gasteiger partial charge in [0.05, 0.1) is 0 Å². The van der Waals surface area contributed by atoms with E-state index in [0.29, 0.717) is 37.2 Å². The molecular weight excluding hydrogens is 308 g/mol. The number of hydrogen-bond acceptors (Lipinski definition) is 4. The van der Waals surface area contributed by atoms with Gasteiger partial charge in [-0.25, -0.2) is 4.79 Å². The van der Waals surface area contributed by atoms with Gasteiger partial charge in [0.2, 0.25) is 11.8 Å². The summed E-state index contributed by atoms with van der Waals surface area (Å²) in [6.07, 6.45) is 1.32. The van der Waals surface area contributed by atoms with E-state index in [2.05, 4.69) is 5.32 Å². The Balaban J connectivity index is 1.72. The summed E-state index contributed by atoms with van der Waals surface area (Å²) in [7, 11) is 0. The Bertz CT molecular complexity index is 848. The highest BCUT2D eigenvalue weighted by molar-refractivity contribution is 5.95. The molecular formula is C18H20N2O4. The van der Waals surface area contributed by atoms with Crippen molar-refractivity contribution in [2.45, 2.75) is 26.7 Å². The molecule has 1 aliphatic rings. The minimum atomic E-state index is -0.403. The number of hydrogen-bond donors (Lipinski definition) is 1. The summed E-state index contributed by atoms with van der Waals surface area (Å²) in [4.78, 5) is 37.0. The van der Waals surface area contributed by atoms with Gasteiger partial charge in [-0.2, -0.15) is 0 Å². The zero-order valence-electron chi connectivity index (χ0n) is 13.8. The zero-order chi connectivity index (χ0) is 17.3. The molecule has 6 nitrogen and oxygen atoms in total. The van der Waals surface area contributed by atoms with E-state index in [4.69, 9.17) is 4.42 Å². The van der Waals surface area contributed by atoms with Crippen LogP contribution in [-0.4, -0.2) is 29.8 Å². The van der Waals surface area contributed by atoms with E-state index in [-0.39, 0.29) is 17.7 Å². The molecule has 3 rings (SSSR count). The first-order valence-corrected chi connectivity index (χ1v) is 8.05. The van der Waals surface area contributed by atoms with Crippen LogP contribution in [0.15, 0.2) is 33.5 Å². The van der Waals surface area contributed by atoms with Crippen LogP contribution in [0.1, 0.15) is 25.3 Å². The number of amides is 2. The number of benzene rings is 1. The van der Waals surface area contributed by atoms with Gasteiger partial charge in [-0.3, -0.25) is 9.59 Å². The summed E-state index contributed by atoms with van der Waals surface area (Å²) in [6, 6.07) is 6.76. The van der Waals surface area contributed by atoms with E-state index in [9.17, 15) is 14.4 Å². The van der Waals surface area contributed by atoms with Gasteiger partial charge >= 0.3 is 5.63 Å². The van der Waals surface area contributed by atoms with Crippen molar-refractivity contribution in [3.8, 4) is 0 Å². The average molecular weight is 328 g/mol. The standard InChI is InChI=1S/C18H20N2O4/c1-11-9-17(22)24-16-10-14(3-4-15(11)16)19-18(23)13-5-7-20(8-6-13)12(2)21/h3-4,9-10,13H,5-8H2,1-2H3,(H,19,23). The maximum atomic E-state index is 12.4. The molecule has 24 heavy (non-hydrogen) atoms. The summed E-state index contributed by atoms with van der Waals surface area (Å²) in [5.74, 6) is -0.123. The molecule has 6 heteroatoms. The number of anilines is 1. The second-order valence-corrected chi connectivity index (χ2v) is 6.23. The Morgan fingerprint density at radius 2 is 1.92 bits per heavy atom. The topological polar surface area (TPSA) is 79.6 Å². The molecule has 126 valence electrons. The lowest BCUT2D eigenvalue weighted by Gasteiger charge is -2.30. The highest BCUT2D eigenvalue weighted by atomic mass is 16.4. The Kier molecular flexibility index (Phi) is 4.38. The highest BCUT2D eigenvalue weighted by Crippen LogP contribution is 2.23. The first-order valence-electron chi connectivity index (χ1n) is 8.05. The molecule has 2 aromatic rings. The van der Waals surface area contributed by atoms with Gasteiger partial charge in [-0.1, -0.05) is 0 Å². The molecule has 1 saturated heterocycles. The summed E-state index contributed by atoms with van der Waals surface area (Å²) in [6.45, 7) is 4.62. The van der Waals surface area contributed by atoms with E-state index in [1.165, 1.54) is 6.07 Å². The second-order valence-electron chi connectivity index (χ2n) is 6.23. The van der Waals surface area contributed by atoms with Crippen molar-refractivity contribution in [3.05, 3.63) is 40.2 Å². The van der Waals surface area contributed by atoms with Crippen LogP contribution in [0.4, 0.5) is 5.69 Å². The fourth-order valence-electron chi connectivity index (χ4n) is 3.10. The third kappa shape index (κ3) is 3.32. The van der Waals surface area contributed by atoms with Crippen LogP contribution < -0.4 is 10.9 Å². The fourth-order valence-corrected chi connectivity index (χ4v) is 3.10. The molecule has 0 atom stereocenters. The summed E-state index contributed by atoms with van der Waals surface area (Å²) in [5, 5.41) is 3.73. The predicted octanol–water partition coefficient (Wildman–Crippen LogP) is 2.30. The molecule has 0 unspecified atom stereocenters. The van der Waals surface area contributed by atoms with Gasteiger partial charge in [0.25, 0.3) is 0 Å². The number of carbonyl (C=O) groups is 2. The van der Waals surface area contributed by atoms with Crippen LogP contribution in [0, 0.1) is 12.8 Å². The Hall–Kier alpha value is -2.63. The Labute approximate surface area is 139 Å². The lowest BCUT2D eigenvalue weighted by Crippen LogP contribution is -2.40. The number of nitrogens with one attached hydrogen (secondary N) is 1. The number of piperidine rings is 1. The van der Waals surface area contributed by atoms with Crippen LogP contribution in [0.2, 0.25) is 0 Å². The van der Waals surface area contributed by atoms with Crippen molar-refractivity contribution in [2.75, 3.05) is 18.4 Å². The number of carbonyl (C=O) groups excluding carboxylic acids is 2. The second kappa shape index (κ2) is 6.47. The zero-order valence-corrected chi connectivity index (χ0v) is 13.8. The number of fused-ring (bicyclic) bond motifs is 1. The maximum Gasteiger partial charge on any atom is 0.336 e. The van der Waals surface area contributed by atoms with Crippen molar-refractivity contribution in [1.82, 2.24) is 4.90 Å². The van der Waals surface area contributed by atoms with E-state index < -0.39 is 5.63 Å². The van der Waals surface area contributed by atoms with Gasteiger partial charge < -0.3 is 14.6 Å². The van der Waals surface area contributed by atoms with Crippen LogP contribution in [-0.2, 0) is 9.59 Å². The molecule has 0 bridgehead atoms. The minimum absolute atomic E-state index is 0.0498. The molecule has 1 fully saturated rings. The third-order valence-electron chi connectivity index (χ3n) is 4.53. The van der Waals surface area contributed by atoms with Gasteiger partial charge in [0.1, 0.15) is 5.58 Å². The van der Waals surface area contributed by atoms with Gasteiger partial charge in [0.15, 0.2) is 0 Å². The molecule has 2 amide bonds. The Morgan fingerprint density at radius 1 is 1.21 bits per heavy atom. The fraction of sp³-hybridized carbons (Fsp3) is 0.389. The van der Waals surface area contributed by atoms with Gasteiger partial charge in [0, 0.05) is 49.1 Å². The number of aryl methyl sites for hydroxylation is 1. The summed E-state index contributed by atoms with van der Waals surface area (Å²) >= 11 is 0. The van der Waals surface area contributed by atoms with Crippen molar-refractivity contribution >= 4 is 28.5 Å².